The topological polar surface area (TPSA) is 29.9 Å². The van der Waals surface area contributed by atoms with E-state index in [0.717, 1.165) is 12.1 Å². The standard InChI is InChI=1S/C15H21N3/c1-15(2,3)18-13-9-5-4-7-11(13)17-14(18)12-8-6-10-16-12/h4-5,7,9,12,16H,6,8,10H2,1-3H3. The normalized spacial score (nSPS) is 20.7. The van der Waals surface area contributed by atoms with E-state index in [9.17, 15) is 0 Å². The molecule has 0 amide bonds. The number of aromatic nitrogens is 2. The Balaban J connectivity index is 2.23. The Labute approximate surface area is 108 Å². The van der Waals surface area contributed by atoms with Gasteiger partial charge in [0.2, 0.25) is 0 Å². The van der Waals surface area contributed by atoms with Crippen LogP contribution >= 0.6 is 0 Å². The molecule has 0 aliphatic carbocycles. The molecule has 1 saturated heterocycles. The van der Waals surface area contributed by atoms with Crippen LogP contribution in [0.15, 0.2) is 24.3 Å². The summed E-state index contributed by atoms with van der Waals surface area (Å²) in [7, 11) is 0. The van der Waals surface area contributed by atoms with Gasteiger partial charge in [-0.05, 0) is 52.3 Å². The zero-order valence-corrected chi connectivity index (χ0v) is 11.4. The third-order valence-corrected chi connectivity index (χ3v) is 3.63. The van der Waals surface area contributed by atoms with E-state index in [1.165, 1.54) is 24.2 Å². The van der Waals surface area contributed by atoms with Crippen molar-refractivity contribution in [2.45, 2.75) is 45.2 Å². The molecule has 18 heavy (non-hydrogen) atoms. The van der Waals surface area contributed by atoms with Crippen molar-refractivity contribution in [3.05, 3.63) is 30.1 Å². The quantitative estimate of drug-likeness (QED) is 0.833. The highest BCUT2D eigenvalue weighted by Gasteiger charge is 2.27. The van der Waals surface area contributed by atoms with E-state index in [4.69, 9.17) is 4.98 Å². The summed E-state index contributed by atoms with van der Waals surface area (Å²) in [6.07, 6.45) is 2.44. The van der Waals surface area contributed by atoms with E-state index >= 15 is 0 Å². The lowest BCUT2D eigenvalue weighted by molar-refractivity contribution is 0.378. The van der Waals surface area contributed by atoms with Crippen LogP contribution in [-0.2, 0) is 5.54 Å². The fraction of sp³-hybridized carbons (Fsp3) is 0.533. The van der Waals surface area contributed by atoms with Gasteiger partial charge >= 0.3 is 0 Å². The first-order chi connectivity index (χ1) is 8.57. The van der Waals surface area contributed by atoms with Gasteiger partial charge in [-0.2, -0.15) is 0 Å². The molecule has 3 rings (SSSR count). The highest BCUT2D eigenvalue weighted by Crippen LogP contribution is 2.31. The predicted molar refractivity (Wildman–Crippen MR) is 74.7 cm³/mol. The summed E-state index contributed by atoms with van der Waals surface area (Å²) in [5.74, 6) is 1.20. The lowest BCUT2D eigenvalue weighted by Crippen LogP contribution is -2.27. The van der Waals surface area contributed by atoms with E-state index in [0.29, 0.717) is 6.04 Å². The molecule has 3 heteroatoms. The summed E-state index contributed by atoms with van der Waals surface area (Å²) in [4.78, 5) is 4.86. The van der Waals surface area contributed by atoms with Gasteiger partial charge in [0.15, 0.2) is 0 Å². The molecule has 2 aromatic rings. The van der Waals surface area contributed by atoms with Crippen LogP contribution in [0.3, 0.4) is 0 Å². The zero-order chi connectivity index (χ0) is 12.8. The molecule has 1 unspecified atom stereocenters. The van der Waals surface area contributed by atoms with E-state index < -0.39 is 0 Å². The Morgan fingerprint density at radius 2 is 2.06 bits per heavy atom. The molecule has 1 N–H and O–H groups in total. The molecule has 3 nitrogen and oxygen atoms in total. The number of hydrogen-bond donors (Lipinski definition) is 1. The molecule has 0 saturated carbocycles. The third kappa shape index (κ3) is 1.83. The average Bonchev–Trinajstić information content (AvgIpc) is 2.94. The first-order valence-electron chi connectivity index (χ1n) is 6.78. The molecule has 0 radical (unpaired) electrons. The summed E-state index contributed by atoms with van der Waals surface area (Å²) >= 11 is 0. The number of para-hydroxylation sites is 2. The Bertz CT molecular complexity index is 557. The monoisotopic (exact) mass is 243 g/mol. The molecule has 96 valence electrons. The minimum Gasteiger partial charge on any atom is -0.321 e. The van der Waals surface area contributed by atoms with Gasteiger partial charge in [0.05, 0.1) is 17.1 Å². The highest BCUT2D eigenvalue weighted by atomic mass is 15.2. The van der Waals surface area contributed by atoms with Gasteiger partial charge in [0, 0.05) is 5.54 Å². The molecular weight excluding hydrogens is 222 g/mol. The van der Waals surface area contributed by atoms with E-state index in [-0.39, 0.29) is 5.54 Å². The molecule has 1 fully saturated rings. The summed E-state index contributed by atoms with van der Waals surface area (Å²) in [6, 6.07) is 8.85. The first-order valence-corrected chi connectivity index (χ1v) is 6.78. The van der Waals surface area contributed by atoms with Crippen LogP contribution in [0, 0.1) is 0 Å². The number of nitrogens with one attached hydrogen (secondary N) is 1. The Hall–Kier alpha value is -1.35. The fourth-order valence-electron chi connectivity index (χ4n) is 2.89. The van der Waals surface area contributed by atoms with Gasteiger partial charge in [0.1, 0.15) is 5.82 Å². The van der Waals surface area contributed by atoms with Gasteiger partial charge in [-0.3, -0.25) is 0 Å². The zero-order valence-electron chi connectivity index (χ0n) is 11.4. The number of benzene rings is 1. The molecule has 1 aromatic carbocycles. The maximum absolute atomic E-state index is 4.86. The maximum atomic E-state index is 4.86. The Kier molecular flexibility index (Phi) is 2.67. The van der Waals surface area contributed by atoms with Gasteiger partial charge in [-0.15, -0.1) is 0 Å². The first kappa shape index (κ1) is 11.7. The lowest BCUT2D eigenvalue weighted by Gasteiger charge is -2.26. The van der Waals surface area contributed by atoms with E-state index in [2.05, 4.69) is 54.9 Å². The minimum absolute atomic E-state index is 0.0652. The fourth-order valence-corrected chi connectivity index (χ4v) is 2.89. The highest BCUT2D eigenvalue weighted by molar-refractivity contribution is 5.76. The molecule has 1 aliphatic heterocycles. The van der Waals surface area contributed by atoms with Crippen LogP contribution in [0.2, 0.25) is 0 Å². The number of hydrogen-bond acceptors (Lipinski definition) is 2. The van der Waals surface area contributed by atoms with Gasteiger partial charge in [0.25, 0.3) is 0 Å². The number of imidazole rings is 1. The predicted octanol–water partition coefficient (Wildman–Crippen LogP) is 3.22. The molecule has 0 spiro atoms. The van der Waals surface area contributed by atoms with Crippen LogP contribution in [0.4, 0.5) is 0 Å². The summed E-state index contributed by atoms with van der Waals surface area (Å²) in [5, 5.41) is 3.56. The van der Waals surface area contributed by atoms with Gasteiger partial charge < -0.3 is 9.88 Å². The van der Waals surface area contributed by atoms with Crippen molar-refractivity contribution in [2.24, 2.45) is 0 Å². The van der Waals surface area contributed by atoms with Crippen LogP contribution in [0.1, 0.15) is 45.5 Å². The SMILES string of the molecule is CC(C)(C)n1c(C2CCCN2)nc2ccccc21. The van der Waals surface area contributed by atoms with Crippen LogP contribution in [0.25, 0.3) is 11.0 Å². The number of nitrogens with zero attached hydrogens (tertiary/aromatic N) is 2. The van der Waals surface area contributed by atoms with Gasteiger partial charge in [-0.25, -0.2) is 4.98 Å². The average molecular weight is 243 g/mol. The van der Waals surface area contributed by atoms with Crippen molar-refractivity contribution in [3.63, 3.8) is 0 Å². The van der Waals surface area contributed by atoms with Crippen molar-refractivity contribution in [2.75, 3.05) is 6.54 Å². The minimum atomic E-state index is 0.0652. The third-order valence-electron chi connectivity index (χ3n) is 3.63. The summed E-state index contributed by atoms with van der Waals surface area (Å²) in [6.45, 7) is 7.86. The number of fused-ring (bicyclic) bond motifs is 1. The molecule has 1 aromatic heterocycles. The van der Waals surface area contributed by atoms with Crippen LogP contribution in [-0.4, -0.2) is 16.1 Å². The maximum Gasteiger partial charge on any atom is 0.127 e. The van der Waals surface area contributed by atoms with Crippen molar-refractivity contribution in [1.29, 1.82) is 0 Å². The van der Waals surface area contributed by atoms with Crippen molar-refractivity contribution in [3.8, 4) is 0 Å². The molecule has 2 heterocycles. The molecule has 1 aliphatic rings. The second-order valence-electron chi connectivity index (χ2n) is 6.11. The molecule has 0 bridgehead atoms. The smallest absolute Gasteiger partial charge is 0.127 e. The lowest BCUT2D eigenvalue weighted by atomic mass is 10.1. The van der Waals surface area contributed by atoms with Gasteiger partial charge in [-0.1, -0.05) is 12.1 Å². The van der Waals surface area contributed by atoms with Crippen LogP contribution < -0.4 is 5.32 Å². The summed E-state index contributed by atoms with van der Waals surface area (Å²) < 4.78 is 2.39. The summed E-state index contributed by atoms with van der Waals surface area (Å²) in [5.41, 5.74) is 2.42. The van der Waals surface area contributed by atoms with E-state index in [1.54, 1.807) is 0 Å². The molecular formula is C15H21N3. The second-order valence-corrected chi connectivity index (χ2v) is 6.11. The van der Waals surface area contributed by atoms with Crippen molar-refractivity contribution < 1.29 is 0 Å². The Morgan fingerprint density at radius 1 is 1.28 bits per heavy atom. The van der Waals surface area contributed by atoms with Crippen LogP contribution in [0.5, 0.6) is 0 Å². The number of rotatable bonds is 1. The van der Waals surface area contributed by atoms with Crippen molar-refractivity contribution in [1.82, 2.24) is 14.9 Å². The van der Waals surface area contributed by atoms with Crippen molar-refractivity contribution >= 4 is 11.0 Å². The second kappa shape index (κ2) is 4.09. The van der Waals surface area contributed by atoms with E-state index in [1.807, 2.05) is 0 Å². The molecule has 1 atom stereocenters. The largest absolute Gasteiger partial charge is 0.321 e. The Morgan fingerprint density at radius 3 is 2.72 bits per heavy atom.